The Morgan fingerprint density at radius 2 is 0.908 bits per heavy atom. The lowest BCUT2D eigenvalue weighted by Gasteiger charge is -2.29. The number of nitrogens with zero attached hydrogens (tertiary/aromatic N) is 2. The number of rotatable bonds is 45. The first kappa shape index (κ1) is 99.9. The maximum absolute atomic E-state index is 14.9. The van der Waals surface area contributed by atoms with Crippen LogP contribution in [-0.2, 0) is 103 Å². The number of hydrogen-bond donors (Lipinski definition) is 22. The molecule has 1 saturated heterocycles. The number of nitrogens with one attached hydrogen (secondary N) is 15. The topological polar surface area (TPSA) is 713 Å². The van der Waals surface area contributed by atoms with Crippen LogP contribution >= 0.6 is 0 Å². The zero-order chi connectivity index (χ0) is 83.4. The summed E-state index contributed by atoms with van der Waals surface area (Å²) in [4.78, 5) is 170. The Morgan fingerprint density at radius 3 is 1.32 bits per heavy atom. The second-order valence-electron chi connectivity index (χ2n) is 27.0. The van der Waals surface area contributed by atoms with E-state index in [9.17, 15) is 133 Å². The monoisotopic (exact) mass is 1670 g/mol. The summed E-state index contributed by atoms with van der Waals surface area (Å²) in [5, 5.41) is 59.7. The van der Waals surface area contributed by atoms with Crippen molar-refractivity contribution in [3.05, 3.63) is 4.91 Å². The van der Waals surface area contributed by atoms with Crippen LogP contribution in [0.5, 0.6) is 0 Å². The zero-order valence-electron chi connectivity index (χ0n) is 61.7. The van der Waals surface area contributed by atoms with Crippen LogP contribution in [0.25, 0.3) is 0 Å². The fourth-order valence-corrected chi connectivity index (χ4v) is 12.5. The van der Waals surface area contributed by atoms with E-state index in [0.29, 0.717) is 18.8 Å². The average molecular weight is 1670 g/mol. The van der Waals surface area contributed by atoms with Gasteiger partial charge in [-0.05, 0) is 116 Å². The molecular formula is C58H109N17O29S5. The first-order chi connectivity index (χ1) is 50.3. The Balaban J connectivity index is 4.39. The standard InChI is InChI=1S/C58H109N17O29S5/c1-9-35(6)12-10-11-13-46(78)64-38(14-20-59-28-105(90,91)92)53(83)73-48(37(8)77)58(88)69-41(17-23-62-31-108(99,100)101)50(80)66-42-18-24-63-57(87)47(36(7)76)72-54(84)43(19-25-75(74-89)32-109(102,103)104)68-49(79)39(15-21-60-29-106(93,94)95)67-55(85)44(26-33(2)3)71-56(86)45(27-34(4)5)70-52(82)40(65-51(42)81)16-22-61-30-107(96,97)98/h33-45,47-48,59-62,76-77H,9-32H2,1-8H3,(H,63,87)(H,64,78)(H,65,81)(H,66,80)(H,67,85)(H,68,79)(H,69,88)(H,70,82)(H,71,86)(H,72,84)(H,73,83)(H,90,91,92)(H,93,94,95)(H,96,97,98)(H,99,100,101)(H,102,103,104)/t35-,36+,37+,38-,39-,40-,41-,42-,43-,44-,45+,47-,48-/m0/s1. The lowest BCUT2D eigenvalue weighted by molar-refractivity contribution is -0.137. The number of hydrogen-bond acceptors (Lipinski definition) is 29. The van der Waals surface area contributed by atoms with Gasteiger partial charge in [-0.15, -0.1) is 4.91 Å². The van der Waals surface area contributed by atoms with Crippen LogP contribution < -0.4 is 79.8 Å². The third-order valence-electron chi connectivity index (χ3n) is 16.1. The number of unbranched alkanes of at least 4 members (excludes halogenated alkanes) is 1. The molecular weight excluding hydrogens is 1560 g/mol. The molecule has 51 heteroatoms. The Labute approximate surface area is 633 Å². The summed E-state index contributed by atoms with van der Waals surface area (Å²) in [7, 11) is -23.9. The van der Waals surface area contributed by atoms with Crippen LogP contribution in [0.4, 0.5) is 0 Å². The van der Waals surface area contributed by atoms with E-state index in [1.165, 1.54) is 0 Å². The van der Waals surface area contributed by atoms with Crippen molar-refractivity contribution in [1.29, 1.82) is 0 Å². The van der Waals surface area contributed by atoms with Gasteiger partial charge in [-0.1, -0.05) is 60.8 Å². The van der Waals surface area contributed by atoms with Crippen LogP contribution in [-0.4, -0.2) is 286 Å². The summed E-state index contributed by atoms with van der Waals surface area (Å²) in [5.41, 5.74) is 0. The van der Waals surface area contributed by atoms with Crippen LogP contribution in [0.2, 0.25) is 0 Å². The minimum absolute atomic E-state index is 0.0944. The van der Waals surface area contributed by atoms with Gasteiger partial charge in [-0.3, -0.25) is 75.5 Å². The van der Waals surface area contributed by atoms with Crippen molar-refractivity contribution in [1.82, 2.24) is 84.8 Å². The highest BCUT2D eigenvalue weighted by Crippen LogP contribution is 2.15. The van der Waals surface area contributed by atoms with Gasteiger partial charge in [0.05, 0.1) is 17.5 Å². The van der Waals surface area contributed by atoms with E-state index in [0.717, 1.165) is 26.7 Å². The van der Waals surface area contributed by atoms with Gasteiger partial charge < -0.3 is 90.0 Å². The normalized spacial score (nSPS) is 21.3. The largest absolute Gasteiger partial charge is 0.391 e. The van der Waals surface area contributed by atoms with E-state index in [2.05, 4.69) is 85.0 Å². The van der Waals surface area contributed by atoms with Crippen molar-refractivity contribution in [2.45, 2.75) is 211 Å². The maximum atomic E-state index is 14.9. The molecule has 1 aliphatic rings. The predicted molar refractivity (Wildman–Crippen MR) is 387 cm³/mol. The van der Waals surface area contributed by atoms with E-state index < -0.39 is 301 Å². The van der Waals surface area contributed by atoms with Gasteiger partial charge in [-0.2, -0.15) is 42.1 Å². The zero-order valence-corrected chi connectivity index (χ0v) is 65.8. The second kappa shape index (κ2) is 48.6. The maximum Gasteiger partial charge on any atom is 0.285 e. The Morgan fingerprint density at radius 1 is 0.495 bits per heavy atom. The van der Waals surface area contributed by atoms with Crippen molar-refractivity contribution >= 4 is 116 Å². The van der Waals surface area contributed by atoms with Crippen LogP contribution in [0.1, 0.15) is 139 Å². The first-order valence-electron chi connectivity index (χ1n) is 34.7. The van der Waals surface area contributed by atoms with Gasteiger partial charge in [0.2, 0.25) is 65.0 Å². The van der Waals surface area contributed by atoms with Crippen LogP contribution in [0, 0.1) is 22.7 Å². The average Bonchev–Trinajstić information content (AvgIpc) is 1.22. The Kier molecular flexibility index (Phi) is 44.6. The summed E-state index contributed by atoms with van der Waals surface area (Å²) in [5.74, 6) is -20.1. The number of nitroso groups, excluding NO2 is 1. The molecule has 1 rings (SSSR count). The molecule has 630 valence electrons. The van der Waals surface area contributed by atoms with Gasteiger partial charge in [-0.25, -0.2) is 5.01 Å². The van der Waals surface area contributed by atoms with Crippen molar-refractivity contribution in [3.63, 3.8) is 0 Å². The van der Waals surface area contributed by atoms with Gasteiger partial charge >= 0.3 is 0 Å². The van der Waals surface area contributed by atoms with E-state index in [4.69, 9.17) is 0 Å². The number of aliphatic hydroxyl groups is 2. The summed E-state index contributed by atoms with van der Waals surface area (Å²) < 4.78 is 164. The molecule has 1 aliphatic heterocycles. The number of amides is 11. The van der Waals surface area contributed by atoms with Crippen molar-refractivity contribution in [2.75, 3.05) is 68.7 Å². The second-order valence-corrected chi connectivity index (χ2v) is 34.2. The molecule has 11 amide bonds. The van der Waals surface area contributed by atoms with Crippen LogP contribution in [0.15, 0.2) is 5.29 Å². The predicted octanol–water partition coefficient (Wildman–Crippen LogP) is -7.67. The van der Waals surface area contributed by atoms with E-state index in [-0.39, 0.29) is 30.8 Å². The Hall–Kier alpha value is -7.12. The number of carbonyl (C=O) groups excluding carboxylic acids is 11. The molecule has 13 atom stereocenters. The third kappa shape index (κ3) is 45.1. The first-order valence-corrected chi connectivity index (χ1v) is 42.7. The van der Waals surface area contributed by atoms with Gasteiger partial charge in [0, 0.05) is 19.5 Å². The Bertz CT molecular complexity index is 3620. The molecule has 1 fully saturated rings. The lowest BCUT2D eigenvalue weighted by atomic mass is 9.99. The van der Waals surface area contributed by atoms with Gasteiger partial charge in [0.25, 0.3) is 50.6 Å². The molecule has 0 aromatic carbocycles. The molecule has 0 aromatic rings. The molecule has 0 saturated carbocycles. The molecule has 46 nitrogen and oxygen atoms in total. The van der Waals surface area contributed by atoms with E-state index in [1.807, 2.05) is 13.8 Å². The minimum atomic E-state index is -5.02. The van der Waals surface area contributed by atoms with Crippen molar-refractivity contribution < 1.29 is 128 Å². The van der Waals surface area contributed by atoms with E-state index in [1.54, 1.807) is 27.7 Å². The molecule has 1 heterocycles. The summed E-state index contributed by atoms with van der Waals surface area (Å²) >= 11 is 0. The third-order valence-corrected chi connectivity index (χ3v) is 19.0. The van der Waals surface area contributed by atoms with Crippen LogP contribution in [0.3, 0.4) is 0 Å². The highest BCUT2D eigenvalue weighted by Gasteiger charge is 2.39. The fourth-order valence-electron chi connectivity index (χ4n) is 10.3. The fraction of sp³-hybridized carbons (Fsp3) is 0.810. The highest BCUT2D eigenvalue weighted by molar-refractivity contribution is 7.86. The van der Waals surface area contributed by atoms with E-state index >= 15 is 0 Å². The van der Waals surface area contributed by atoms with Gasteiger partial charge in [0.15, 0.2) is 5.88 Å². The molecule has 0 radical (unpaired) electrons. The van der Waals surface area contributed by atoms with Crippen molar-refractivity contribution in [3.8, 4) is 0 Å². The quantitative estimate of drug-likeness (QED) is 0.0117. The molecule has 0 bridgehead atoms. The molecule has 109 heavy (non-hydrogen) atoms. The molecule has 0 unspecified atom stereocenters. The number of carbonyl (C=O) groups is 11. The summed E-state index contributed by atoms with van der Waals surface area (Å²) in [6, 6.07) is -19.1. The lowest BCUT2D eigenvalue weighted by Crippen LogP contribution is -2.62. The molecule has 0 spiro atoms. The molecule has 22 N–H and O–H groups in total. The SMILES string of the molecule is CC[C@H](C)CCCCC(=O)N[C@@H](CCNCS(=O)(=O)O)C(=O)N[C@H](C(=O)N[C@@H](CCNCS(=O)(=O)O)C(=O)N[C@H]1CCNC(=O)[C@H]([C@@H](C)O)NC(=O)[C@H](CCN(CS(=O)(=O)O)N=O)NC(=O)[C@H](CCNCS(=O)(=O)O)NC(=O)[C@H](CC(C)C)NC(=O)[C@@H](CC(C)C)NC(=O)[C@H](CCNCS(=O)(=O)O)NC1=O)[C@@H](C)O. The molecule has 0 aliphatic carbocycles. The number of aliphatic hydroxyl groups excluding tert-OH is 2. The smallest absolute Gasteiger partial charge is 0.285 e. The summed E-state index contributed by atoms with van der Waals surface area (Å²) in [6.45, 7) is 8.56. The summed E-state index contributed by atoms with van der Waals surface area (Å²) in [6.07, 6.45) is -5.83. The van der Waals surface area contributed by atoms with Crippen molar-refractivity contribution in [2.24, 2.45) is 23.0 Å². The highest BCUT2D eigenvalue weighted by atomic mass is 32.2. The molecule has 0 aromatic heterocycles. The van der Waals surface area contributed by atoms with Gasteiger partial charge in [0.1, 0.15) is 83.9 Å². The minimum Gasteiger partial charge on any atom is -0.391 e.